The summed E-state index contributed by atoms with van der Waals surface area (Å²) in [4.78, 5) is 24.6. The summed E-state index contributed by atoms with van der Waals surface area (Å²) >= 11 is 1.65. The van der Waals surface area contributed by atoms with Crippen LogP contribution in [0.25, 0.3) is 11.1 Å². The highest BCUT2D eigenvalue weighted by atomic mass is 32.2. The molecule has 33 heavy (non-hydrogen) atoms. The van der Waals surface area contributed by atoms with Gasteiger partial charge in [0.15, 0.2) is 0 Å². The van der Waals surface area contributed by atoms with Gasteiger partial charge in [0.25, 0.3) is 0 Å². The van der Waals surface area contributed by atoms with Crippen LogP contribution in [-0.4, -0.2) is 57.2 Å². The number of likely N-dealkylation sites (tertiary alicyclic amines) is 1. The third-order valence-corrected chi connectivity index (χ3v) is 6.69. The van der Waals surface area contributed by atoms with Crippen molar-refractivity contribution in [2.75, 3.05) is 18.1 Å². The van der Waals surface area contributed by atoms with Crippen molar-refractivity contribution in [3.63, 3.8) is 0 Å². The van der Waals surface area contributed by atoms with E-state index in [1.165, 1.54) is 6.07 Å². The number of benzene rings is 2. The predicted octanol–water partition coefficient (Wildman–Crippen LogP) is 4.54. The minimum Gasteiger partial charge on any atom is -0.481 e. The molecule has 176 valence electrons. The Bertz CT molecular complexity index is 966. The lowest BCUT2D eigenvalue weighted by molar-refractivity contribution is -0.137. The van der Waals surface area contributed by atoms with Gasteiger partial charge < -0.3 is 15.1 Å². The molecule has 3 rings (SSSR count). The highest BCUT2D eigenvalue weighted by Crippen LogP contribution is 2.25. The largest absolute Gasteiger partial charge is 0.481 e. The fourth-order valence-electron chi connectivity index (χ4n) is 3.94. The van der Waals surface area contributed by atoms with Gasteiger partial charge >= 0.3 is 5.97 Å². The van der Waals surface area contributed by atoms with E-state index in [2.05, 4.69) is 0 Å². The van der Waals surface area contributed by atoms with Crippen LogP contribution in [0.5, 0.6) is 0 Å². The number of amides is 1. The number of nitrogens with zero attached hydrogens (tertiary/aromatic N) is 1. The highest BCUT2D eigenvalue weighted by molar-refractivity contribution is 7.99. The number of rotatable bonds is 12. The summed E-state index contributed by atoms with van der Waals surface area (Å²) in [6.45, 7) is 0.611. The first-order valence-electron chi connectivity index (χ1n) is 11.2. The van der Waals surface area contributed by atoms with Crippen LogP contribution < -0.4 is 0 Å². The summed E-state index contributed by atoms with van der Waals surface area (Å²) in [5.41, 5.74) is 2.14. The molecule has 5 nitrogen and oxygen atoms in total. The zero-order valence-electron chi connectivity index (χ0n) is 18.5. The molecule has 0 saturated carbocycles. The lowest BCUT2D eigenvalue weighted by Crippen LogP contribution is -2.34. The van der Waals surface area contributed by atoms with E-state index in [9.17, 15) is 19.1 Å². The van der Waals surface area contributed by atoms with E-state index in [4.69, 9.17) is 5.11 Å². The van der Waals surface area contributed by atoms with Crippen LogP contribution in [0.4, 0.5) is 4.39 Å². The van der Waals surface area contributed by atoms with Gasteiger partial charge in [-0.25, -0.2) is 4.39 Å². The Labute approximate surface area is 198 Å². The monoisotopic (exact) mass is 471 g/mol. The Kier molecular flexibility index (Phi) is 9.51. The third kappa shape index (κ3) is 7.72. The van der Waals surface area contributed by atoms with Gasteiger partial charge in [-0.15, -0.1) is 0 Å². The maximum Gasteiger partial charge on any atom is 0.303 e. The van der Waals surface area contributed by atoms with Crippen molar-refractivity contribution < 1.29 is 24.2 Å². The highest BCUT2D eigenvalue weighted by Gasteiger charge is 2.28. The van der Waals surface area contributed by atoms with E-state index in [-0.39, 0.29) is 24.2 Å². The summed E-state index contributed by atoms with van der Waals surface area (Å²) in [7, 11) is 0. The van der Waals surface area contributed by atoms with Gasteiger partial charge in [-0.1, -0.05) is 48.6 Å². The second-order valence-electron chi connectivity index (χ2n) is 8.14. The quantitative estimate of drug-likeness (QED) is 0.351. The molecule has 0 radical (unpaired) electrons. The van der Waals surface area contributed by atoms with Crippen LogP contribution in [0.15, 0.2) is 60.7 Å². The summed E-state index contributed by atoms with van der Waals surface area (Å²) in [5, 5.41) is 19.2. The van der Waals surface area contributed by atoms with Crippen molar-refractivity contribution in [3.05, 3.63) is 72.1 Å². The SMILES string of the molecule is O=C(O)CCCSCCN1C(=O)CC[C@@H]1C=C[C@@H](O)Cc1ccc(F)c(-c2ccccc2)c1. The van der Waals surface area contributed by atoms with Gasteiger partial charge in [-0.3, -0.25) is 9.59 Å². The van der Waals surface area contributed by atoms with Crippen LogP contribution in [-0.2, 0) is 16.0 Å². The first kappa shape index (κ1) is 25.0. The zero-order valence-corrected chi connectivity index (χ0v) is 19.3. The van der Waals surface area contributed by atoms with Crippen molar-refractivity contribution in [2.24, 2.45) is 0 Å². The molecular formula is C26H30FNO4S. The Morgan fingerprint density at radius 3 is 2.76 bits per heavy atom. The molecule has 0 bridgehead atoms. The molecule has 0 aromatic heterocycles. The van der Waals surface area contributed by atoms with Crippen molar-refractivity contribution in [1.29, 1.82) is 0 Å². The Morgan fingerprint density at radius 2 is 2.00 bits per heavy atom. The van der Waals surface area contributed by atoms with Crippen molar-refractivity contribution in [2.45, 2.75) is 44.2 Å². The van der Waals surface area contributed by atoms with Crippen molar-refractivity contribution >= 4 is 23.6 Å². The van der Waals surface area contributed by atoms with E-state index >= 15 is 0 Å². The Morgan fingerprint density at radius 1 is 1.21 bits per heavy atom. The molecule has 0 spiro atoms. The fraction of sp³-hybridized carbons (Fsp3) is 0.385. The van der Waals surface area contributed by atoms with Gasteiger partial charge in [0, 0.05) is 37.1 Å². The first-order valence-corrected chi connectivity index (χ1v) is 12.4. The number of hydrogen-bond donors (Lipinski definition) is 2. The summed E-state index contributed by atoms with van der Waals surface area (Å²) in [5.74, 6) is 0.546. The van der Waals surface area contributed by atoms with Crippen LogP contribution in [0.3, 0.4) is 0 Å². The number of carbonyl (C=O) groups excluding carboxylic acids is 1. The summed E-state index contributed by atoms with van der Waals surface area (Å²) in [6, 6.07) is 14.2. The maximum atomic E-state index is 14.3. The predicted molar refractivity (Wildman–Crippen MR) is 130 cm³/mol. The van der Waals surface area contributed by atoms with Gasteiger partial charge in [-0.05, 0) is 41.9 Å². The fourth-order valence-corrected chi connectivity index (χ4v) is 4.82. The molecule has 7 heteroatoms. The molecule has 1 aliphatic heterocycles. The molecule has 2 aromatic carbocycles. The smallest absolute Gasteiger partial charge is 0.303 e. The molecule has 2 atom stereocenters. The molecule has 0 aliphatic carbocycles. The topological polar surface area (TPSA) is 77.8 Å². The Hall–Kier alpha value is -2.64. The average molecular weight is 472 g/mol. The van der Waals surface area contributed by atoms with Gasteiger partial charge in [-0.2, -0.15) is 11.8 Å². The number of hydrogen-bond acceptors (Lipinski definition) is 4. The van der Waals surface area contributed by atoms with E-state index in [1.54, 1.807) is 30.0 Å². The number of aliphatic hydroxyl groups excluding tert-OH is 1. The van der Waals surface area contributed by atoms with Crippen LogP contribution >= 0.6 is 11.8 Å². The van der Waals surface area contributed by atoms with Crippen molar-refractivity contribution in [1.82, 2.24) is 4.90 Å². The van der Waals surface area contributed by atoms with Gasteiger partial charge in [0.1, 0.15) is 5.82 Å². The molecule has 1 fully saturated rings. The maximum absolute atomic E-state index is 14.3. The minimum atomic E-state index is -0.786. The number of carboxylic acids is 1. The minimum absolute atomic E-state index is 0.0418. The molecule has 0 unspecified atom stereocenters. The molecule has 1 amide bonds. The number of aliphatic carboxylic acids is 1. The molecule has 1 saturated heterocycles. The molecular weight excluding hydrogens is 441 g/mol. The second-order valence-corrected chi connectivity index (χ2v) is 9.36. The van der Waals surface area contributed by atoms with E-state index in [1.807, 2.05) is 41.3 Å². The standard InChI is InChI=1S/C26H30FNO4S/c27-24-12-8-19(18-23(24)20-5-2-1-3-6-20)17-22(29)11-9-21-10-13-25(30)28(21)14-16-33-15-4-7-26(31)32/h1-3,5-6,8-9,11-12,18,21-22,29H,4,7,10,13-17H2,(H,31,32)/t21-,22+/m0/s1. The lowest BCUT2D eigenvalue weighted by atomic mass is 9.99. The van der Waals surface area contributed by atoms with Crippen molar-refractivity contribution in [3.8, 4) is 11.1 Å². The number of aliphatic hydroxyl groups is 1. The normalized spacial score (nSPS) is 17.1. The zero-order chi connectivity index (χ0) is 23.6. The second kappa shape index (κ2) is 12.6. The average Bonchev–Trinajstić information content (AvgIpc) is 3.15. The summed E-state index contributed by atoms with van der Waals surface area (Å²) in [6.07, 6.45) is 5.25. The number of carboxylic acid groups (broad SMARTS) is 1. The number of halogens is 1. The molecule has 2 aromatic rings. The van der Waals surface area contributed by atoms with E-state index in [0.29, 0.717) is 31.4 Å². The number of thioether (sulfide) groups is 1. The molecule has 1 aliphatic rings. The lowest BCUT2D eigenvalue weighted by Gasteiger charge is -2.22. The first-order chi connectivity index (χ1) is 15.9. The van der Waals surface area contributed by atoms with Gasteiger partial charge in [0.05, 0.1) is 12.1 Å². The molecule has 1 heterocycles. The van der Waals surface area contributed by atoms with Crippen LogP contribution in [0.1, 0.15) is 31.2 Å². The van der Waals surface area contributed by atoms with Gasteiger partial charge in [0.2, 0.25) is 5.91 Å². The van der Waals surface area contributed by atoms with E-state index < -0.39 is 12.1 Å². The number of carbonyl (C=O) groups is 2. The summed E-state index contributed by atoms with van der Waals surface area (Å²) < 4.78 is 14.3. The van der Waals surface area contributed by atoms with E-state index in [0.717, 1.165) is 29.1 Å². The van der Waals surface area contributed by atoms with Crippen LogP contribution in [0, 0.1) is 5.82 Å². The van der Waals surface area contributed by atoms with Crippen LogP contribution in [0.2, 0.25) is 0 Å². The third-order valence-electron chi connectivity index (χ3n) is 5.65. The Balaban J connectivity index is 1.52. The molecule has 2 N–H and O–H groups in total.